The van der Waals surface area contributed by atoms with Crippen LogP contribution in [0.1, 0.15) is 12.5 Å². The molecule has 0 bridgehead atoms. The molecule has 1 fully saturated rings. The van der Waals surface area contributed by atoms with Crippen LogP contribution in [0.4, 0.5) is 0 Å². The van der Waals surface area contributed by atoms with Gasteiger partial charge in [-0.25, -0.2) is 0 Å². The number of ether oxygens (including phenoxy) is 2. The Bertz CT molecular complexity index is 873. The molecule has 1 saturated heterocycles. The van der Waals surface area contributed by atoms with Crippen molar-refractivity contribution in [1.82, 2.24) is 10.2 Å². The molecule has 8 heteroatoms. The van der Waals surface area contributed by atoms with Crippen molar-refractivity contribution in [2.75, 3.05) is 19.8 Å². The van der Waals surface area contributed by atoms with Gasteiger partial charge in [-0.2, -0.15) is 0 Å². The molecule has 2 amide bonds. The van der Waals surface area contributed by atoms with Gasteiger partial charge in [0.25, 0.3) is 11.8 Å². The van der Waals surface area contributed by atoms with E-state index >= 15 is 0 Å². The van der Waals surface area contributed by atoms with E-state index < -0.39 is 11.8 Å². The maximum atomic E-state index is 12.6. The van der Waals surface area contributed by atoms with Crippen LogP contribution < -0.4 is 14.8 Å². The van der Waals surface area contributed by atoms with E-state index in [4.69, 9.17) is 28.1 Å². The molecule has 0 radical (unpaired) electrons. The van der Waals surface area contributed by atoms with Crippen molar-refractivity contribution in [2.45, 2.75) is 6.92 Å². The van der Waals surface area contributed by atoms with Gasteiger partial charge in [0.05, 0.1) is 10.2 Å². The summed E-state index contributed by atoms with van der Waals surface area (Å²) in [4.78, 5) is 26.2. The highest BCUT2D eigenvalue weighted by atomic mass is 127. The highest BCUT2D eigenvalue weighted by Gasteiger charge is 2.32. The Morgan fingerprint density at radius 1 is 1.41 bits per heavy atom. The fraction of sp³-hybridized carbons (Fsp3) is 0.211. The Kier molecular flexibility index (Phi) is 7.38. The van der Waals surface area contributed by atoms with Crippen LogP contribution in [-0.4, -0.2) is 41.6 Å². The number of amides is 2. The van der Waals surface area contributed by atoms with Gasteiger partial charge in [-0.1, -0.05) is 12.0 Å². The molecular weight excluding hydrogens is 479 g/mol. The molecular formula is C19H17IN2O4S. The number of nitrogens with zero attached hydrogens (tertiary/aromatic N) is 1. The van der Waals surface area contributed by atoms with Gasteiger partial charge >= 0.3 is 0 Å². The molecule has 0 atom stereocenters. The zero-order valence-electron chi connectivity index (χ0n) is 14.6. The zero-order valence-corrected chi connectivity index (χ0v) is 17.6. The average Bonchev–Trinajstić information content (AvgIpc) is 2.62. The van der Waals surface area contributed by atoms with E-state index in [1.807, 2.05) is 6.92 Å². The molecule has 2 rings (SSSR count). The number of terminal acetylenes is 1. The van der Waals surface area contributed by atoms with Crippen LogP contribution >= 0.6 is 34.8 Å². The molecule has 0 aromatic heterocycles. The summed E-state index contributed by atoms with van der Waals surface area (Å²) < 4.78 is 11.9. The maximum Gasteiger partial charge on any atom is 0.265 e. The minimum Gasteiger partial charge on any atom is -0.490 e. The average molecular weight is 496 g/mol. The second-order valence-electron chi connectivity index (χ2n) is 5.28. The van der Waals surface area contributed by atoms with Crippen LogP contribution in [0.15, 0.2) is 30.4 Å². The van der Waals surface area contributed by atoms with Crippen LogP contribution in [0.5, 0.6) is 11.5 Å². The van der Waals surface area contributed by atoms with E-state index in [9.17, 15) is 9.59 Å². The molecule has 1 aliphatic rings. The topological polar surface area (TPSA) is 67.9 Å². The SMILES string of the molecule is C#CCOc1c(I)cc(/C=C2\C(=O)NC(=S)N(CC=C)C2=O)cc1OCC. The van der Waals surface area contributed by atoms with Gasteiger partial charge in [0.15, 0.2) is 16.6 Å². The Labute approximate surface area is 176 Å². The maximum absolute atomic E-state index is 12.6. The number of thiocarbonyl (C=S) groups is 1. The van der Waals surface area contributed by atoms with E-state index in [-0.39, 0.29) is 23.8 Å². The molecule has 140 valence electrons. The monoisotopic (exact) mass is 496 g/mol. The zero-order chi connectivity index (χ0) is 20.0. The van der Waals surface area contributed by atoms with Crippen LogP contribution in [-0.2, 0) is 9.59 Å². The number of carbonyl (C=O) groups excluding carboxylic acids is 2. The smallest absolute Gasteiger partial charge is 0.265 e. The van der Waals surface area contributed by atoms with Crippen LogP contribution in [0.3, 0.4) is 0 Å². The normalized spacial score (nSPS) is 15.4. The first-order valence-electron chi connectivity index (χ1n) is 7.95. The largest absolute Gasteiger partial charge is 0.490 e. The number of hydrogen-bond donors (Lipinski definition) is 1. The molecule has 1 aromatic rings. The molecule has 1 N–H and O–H groups in total. The summed E-state index contributed by atoms with van der Waals surface area (Å²) in [6, 6.07) is 3.46. The first kappa shape index (κ1) is 20.9. The van der Waals surface area contributed by atoms with Crippen molar-refractivity contribution in [3.63, 3.8) is 0 Å². The van der Waals surface area contributed by atoms with Gasteiger partial charge in [0.1, 0.15) is 12.2 Å². The minimum atomic E-state index is -0.550. The van der Waals surface area contributed by atoms with Gasteiger partial charge in [-0.15, -0.1) is 13.0 Å². The molecule has 27 heavy (non-hydrogen) atoms. The third-order valence-corrected chi connectivity index (χ3v) is 4.56. The molecule has 6 nitrogen and oxygen atoms in total. The van der Waals surface area contributed by atoms with E-state index in [2.05, 4.69) is 40.4 Å². The summed E-state index contributed by atoms with van der Waals surface area (Å²) in [5, 5.41) is 2.57. The van der Waals surface area contributed by atoms with Crippen LogP contribution in [0.25, 0.3) is 6.08 Å². The van der Waals surface area contributed by atoms with E-state index in [0.717, 1.165) is 3.57 Å². The summed E-state index contributed by atoms with van der Waals surface area (Å²) in [5.74, 6) is 2.38. The molecule has 1 aromatic carbocycles. The van der Waals surface area contributed by atoms with Gasteiger partial charge in [0, 0.05) is 6.54 Å². The van der Waals surface area contributed by atoms with Crippen molar-refractivity contribution in [1.29, 1.82) is 0 Å². The lowest BCUT2D eigenvalue weighted by Crippen LogP contribution is -2.53. The van der Waals surface area contributed by atoms with E-state index in [0.29, 0.717) is 23.7 Å². The molecule has 0 aliphatic carbocycles. The summed E-state index contributed by atoms with van der Waals surface area (Å²) in [7, 11) is 0. The fourth-order valence-electron chi connectivity index (χ4n) is 2.34. The molecule has 0 spiro atoms. The first-order valence-corrected chi connectivity index (χ1v) is 9.44. The third-order valence-electron chi connectivity index (χ3n) is 3.44. The summed E-state index contributed by atoms with van der Waals surface area (Å²) in [6.07, 6.45) is 8.28. The Morgan fingerprint density at radius 3 is 2.78 bits per heavy atom. The second-order valence-corrected chi connectivity index (χ2v) is 6.83. The summed E-state index contributed by atoms with van der Waals surface area (Å²) in [6.45, 7) is 6.17. The second kappa shape index (κ2) is 9.53. The predicted molar refractivity (Wildman–Crippen MR) is 115 cm³/mol. The number of carbonyl (C=O) groups is 2. The van der Waals surface area contributed by atoms with E-state index in [1.165, 1.54) is 17.1 Å². The highest BCUT2D eigenvalue weighted by Crippen LogP contribution is 2.35. The lowest BCUT2D eigenvalue weighted by atomic mass is 10.1. The number of halogens is 1. The lowest BCUT2D eigenvalue weighted by molar-refractivity contribution is -0.128. The summed E-state index contributed by atoms with van der Waals surface area (Å²) >= 11 is 7.13. The minimum absolute atomic E-state index is 0.0269. The van der Waals surface area contributed by atoms with Gasteiger partial charge in [-0.05, 0) is 65.5 Å². The van der Waals surface area contributed by atoms with Crippen LogP contribution in [0, 0.1) is 15.9 Å². The van der Waals surface area contributed by atoms with Crippen molar-refractivity contribution in [3.05, 3.63) is 39.5 Å². The van der Waals surface area contributed by atoms with Gasteiger partial charge < -0.3 is 9.47 Å². The summed E-state index contributed by atoms with van der Waals surface area (Å²) in [5.41, 5.74) is 0.585. The lowest BCUT2D eigenvalue weighted by Gasteiger charge is -2.27. The standard InChI is InChI=1S/C19H17IN2O4S/c1-4-7-22-18(24)13(17(23)21-19(22)27)9-12-10-14(20)16(26-8-5-2)15(11-12)25-6-3/h2,4,9-11H,1,6-8H2,3H3,(H,21,23,27)/b13-9+. The Hall–Kier alpha value is -2.38. The van der Waals surface area contributed by atoms with Gasteiger partial charge in [-0.3, -0.25) is 19.8 Å². The third kappa shape index (κ3) is 4.87. The Balaban J connectivity index is 2.46. The fourth-order valence-corrected chi connectivity index (χ4v) is 3.37. The molecule has 0 saturated carbocycles. The number of nitrogens with one attached hydrogen (secondary N) is 1. The Morgan fingerprint density at radius 2 is 2.15 bits per heavy atom. The molecule has 1 heterocycles. The molecule has 1 aliphatic heterocycles. The number of benzene rings is 1. The van der Waals surface area contributed by atoms with Crippen molar-refractivity contribution in [3.8, 4) is 23.8 Å². The molecule has 0 unspecified atom stereocenters. The van der Waals surface area contributed by atoms with Gasteiger partial charge in [0.2, 0.25) is 0 Å². The van der Waals surface area contributed by atoms with Crippen molar-refractivity contribution in [2.24, 2.45) is 0 Å². The van der Waals surface area contributed by atoms with Crippen molar-refractivity contribution >= 4 is 57.8 Å². The quantitative estimate of drug-likeness (QED) is 0.157. The predicted octanol–water partition coefficient (Wildman–Crippen LogP) is 2.51. The number of hydrogen-bond acceptors (Lipinski definition) is 5. The number of rotatable bonds is 7. The van der Waals surface area contributed by atoms with Crippen LogP contribution in [0.2, 0.25) is 0 Å². The van der Waals surface area contributed by atoms with E-state index in [1.54, 1.807) is 12.1 Å². The first-order chi connectivity index (χ1) is 12.9. The van der Waals surface area contributed by atoms with Crippen molar-refractivity contribution < 1.29 is 19.1 Å². The highest BCUT2D eigenvalue weighted by molar-refractivity contribution is 14.1.